The zero-order chi connectivity index (χ0) is 17.0. The smallest absolute Gasteiger partial charge is 0.405 e. The number of para-hydroxylation sites is 1. The van der Waals surface area contributed by atoms with E-state index in [2.05, 4.69) is 9.72 Å². The number of nitrogens with zero attached hydrogens (tertiary/aromatic N) is 2. The molecule has 0 unspecified atom stereocenters. The van der Waals surface area contributed by atoms with E-state index in [9.17, 15) is 18.0 Å². The van der Waals surface area contributed by atoms with Gasteiger partial charge in [-0.2, -0.15) is 0 Å². The van der Waals surface area contributed by atoms with Crippen molar-refractivity contribution in [1.82, 2.24) is 9.88 Å². The Hall–Kier alpha value is -2.13. The molecule has 1 amide bonds. The number of aromatic nitrogens is 1. The second-order valence-corrected chi connectivity index (χ2v) is 5.59. The van der Waals surface area contributed by atoms with Gasteiger partial charge in [-0.1, -0.05) is 18.2 Å². The lowest BCUT2D eigenvalue weighted by molar-refractivity contribution is -0.274. The van der Waals surface area contributed by atoms with Crippen LogP contribution >= 0.6 is 11.3 Å². The van der Waals surface area contributed by atoms with Crippen LogP contribution in [0.15, 0.2) is 29.6 Å². The number of benzene rings is 1. The molecule has 5 nitrogen and oxygen atoms in total. The van der Waals surface area contributed by atoms with Gasteiger partial charge in [-0.05, 0) is 6.07 Å². The number of carbonyl (C=O) groups excluding carboxylic acids is 1. The maximum absolute atomic E-state index is 12.4. The van der Waals surface area contributed by atoms with Crippen LogP contribution in [0.2, 0.25) is 0 Å². The van der Waals surface area contributed by atoms with Crippen LogP contribution in [0.1, 0.15) is 21.1 Å². The van der Waals surface area contributed by atoms with Crippen molar-refractivity contribution in [3.63, 3.8) is 0 Å². The van der Waals surface area contributed by atoms with Crippen molar-refractivity contribution >= 4 is 17.2 Å². The molecule has 2 aromatic rings. The molecule has 0 spiro atoms. The Morgan fingerprint density at radius 1 is 1.39 bits per heavy atom. The first-order valence-corrected chi connectivity index (χ1v) is 7.41. The third kappa shape index (κ3) is 4.67. The summed E-state index contributed by atoms with van der Waals surface area (Å²) < 4.78 is 41.2. The summed E-state index contributed by atoms with van der Waals surface area (Å²) in [7, 11) is 1.48. The van der Waals surface area contributed by atoms with Crippen LogP contribution < -0.4 is 10.5 Å². The Balaban J connectivity index is 2.13. The molecule has 0 saturated heterocycles. The Morgan fingerprint density at radius 2 is 2.09 bits per heavy atom. The molecule has 1 heterocycles. The summed E-state index contributed by atoms with van der Waals surface area (Å²) in [5.41, 5.74) is 5.90. The molecule has 1 aromatic heterocycles. The summed E-state index contributed by atoms with van der Waals surface area (Å²) in [4.78, 5) is 17.6. The molecule has 2 N–H and O–H groups in total. The van der Waals surface area contributed by atoms with Gasteiger partial charge in [-0.15, -0.1) is 24.5 Å². The largest absolute Gasteiger partial charge is 0.573 e. The first kappa shape index (κ1) is 17.2. The first-order valence-electron chi connectivity index (χ1n) is 6.53. The zero-order valence-electron chi connectivity index (χ0n) is 12.1. The fourth-order valence-corrected chi connectivity index (χ4v) is 2.53. The van der Waals surface area contributed by atoms with E-state index in [1.165, 1.54) is 41.5 Å². The molecule has 1 aromatic carbocycles. The monoisotopic (exact) mass is 345 g/mol. The van der Waals surface area contributed by atoms with Gasteiger partial charge in [0, 0.05) is 31.1 Å². The normalized spacial score (nSPS) is 11.3. The first-order chi connectivity index (χ1) is 10.8. The van der Waals surface area contributed by atoms with E-state index in [4.69, 9.17) is 5.73 Å². The van der Waals surface area contributed by atoms with E-state index in [-0.39, 0.29) is 30.1 Å². The maximum atomic E-state index is 12.4. The van der Waals surface area contributed by atoms with E-state index < -0.39 is 12.3 Å². The number of ether oxygens (including phenoxy) is 1. The molecule has 0 fully saturated rings. The molecule has 9 heteroatoms. The molecule has 23 heavy (non-hydrogen) atoms. The second kappa shape index (κ2) is 6.97. The predicted molar refractivity (Wildman–Crippen MR) is 78.9 cm³/mol. The predicted octanol–water partition coefficient (Wildman–Crippen LogP) is 2.77. The topological polar surface area (TPSA) is 68.5 Å². The van der Waals surface area contributed by atoms with Gasteiger partial charge in [0.15, 0.2) is 0 Å². The zero-order valence-corrected chi connectivity index (χ0v) is 12.9. The fourth-order valence-electron chi connectivity index (χ4n) is 1.88. The van der Waals surface area contributed by atoms with Gasteiger partial charge in [-0.25, -0.2) is 4.98 Å². The minimum Gasteiger partial charge on any atom is -0.405 e. The third-order valence-electron chi connectivity index (χ3n) is 2.90. The van der Waals surface area contributed by atoms with Gasteiger partial charge in [0.05, 0.1) is 0 Å². The number of hydrogen-bond donors (Lipinski definition) is 1. The molecule has 124 valence electrons. The molecule has 0 aliphatic heterocycles. The summed E-state index contributed by atoms with van der Waals surface area (Å²) >= 11 is 1.26. The highest BCUT2D eigenvalue weighted by Gasteiger charge is 2.32. The van der Waals surface area contributed by atoms with Gasteiger partial charge in [-0.3, -0.25) is 4.79 Å². The fraction of sp³-hybridized carbons (Fsp3) is 0.286. The van der Waals surface area contributed by atoms with Crippen LogP contribution in [0.4, 0.5) is 13.2 Å². The minimum atomic E-state index is -4.79. The number of thiazole rings is 1. The van der Waals surface area contributed by atoms with Crippen LogP contribution in [0, 0.1) is 0 Å². The van der Waals surface area contributed by atoms with Crippen LogP contribution in [0.5, 0.6) is 5.75 Å². The van der Waals surface area contributed by atoms with Crippen LogP contribution in [0.3, 0.4) is 0 Å². The maximum Gasteiger partial charge on any atom is 0.573 e. The van der Waals surface area contributed by atoms with Crippen molar-refractivity contribution in [2.24, 2.45) is 5.73 Å². The van der Waals surface area contributed by atoms with Gasteiger partial charge in [0.1, 0.15) is 16.5 Å². The van der Waals surface area contributed by atoms with Crippen LogP contribution in [-0.4, -0.2) is 29.2 Å². The highest BCUT2D eigenvalue weighted by atomic mass is 32.1. The van der Waals surface area contributed by atoms with Crippen molar-refractivity contribution in [2.45, 2.75) is 19.5 Å². The standard InChI is InChI=1S/C14H14F3N3O2S/c1-20(13(21)10-8-23-12(6-18)19-10)7-9-4-2-3-5-11(9)22-14(15,16)17/h2-5,8H,6-7,18H2,1H3. The molecular weight excluding hydrogens is 331 g/mol. The van der Waals surface area contributed by atoms with Gasteiger partial charge in [0.25, 0.3) is 5.91 Å². The number of halogens is 3. The highest BCUT2D eigenvalue weighted by molar-refractivity contribution is 7.09. The number of alkyl halides is 3. The highest BCUT2D eigenvalue weighted by Crippen LogP contribution is 2.27. The summed E-state index contributed by atoms with van der Waals surface area (Å²) in [6.45, 7) is 0.185. The van der Waals surface area contributed by atoms with E-state index in [0.717, 1.165) is 0 Å². The van der Waals surface area contributed by atoms with Gasteiger partial charge < -0.3 is 15.4 Å². The van der Waals surface area contributed by atoms with Crippen molar-refractivity contribution < 1.29 is 22.7 Å². The second-order valence-electron chi connectivity index (χ2n) is 4.65. The molecule has 2 rings (SSSR count). The lowest BCUT2D eigenvalue weighted by Gasteiger charge is -2.19. The Labute approximate surface area is 134 Å². The van der Waals surface area contributed by atoms with Crippen molar-refractivity contribution in [3.05, 3.63) is 45.9 Å². The average Bonchev–Trinajstić information content (AvgIpc) is 2.96. The van der Waals surface area contributed by atoms with E-state index in [1.54, 1.807) is 11.4 Å². The molecule has 0 bridgehead atoms. The van der Waals surface area contributed by atoms with Crippen LogP contribution in [-0.2, 0) is 13.1 Å². The Kier molecular flexibility index (Phi) is 5.22. The number of hydrogen-bond acceptors (Lipinski definition) is 5. The van der Waals surface area contributed by atoms with Gasteiger partial charge in [0.2, 0.25) is 0 Å². The molecular formula is C14H14F3N3O2S. The number of amides is 1. The Bertz CT molecular complexity index is 688. The van der Waals surface area contributed by atoms with Crippen molar-refractivity contribution in [2.75, 3.05) is 7.05 Å². The average molecular weight is 345 g/mol. The van der Waals surface area contributed by atoms with Crippen LogP contribution in [0.25, 0.3) is 0 Å². The van der Waals surface area contributed by atoms with Crippen molar-refractivity contribution in [3.8, 4) is 5.75 Å². The molecule has 0 aliphatic rings. The Morgan fingerprint density at radius 3 is 2.70 bits per heavy atom. The summed E-state index contributed by atoms with van der Waals surface area (Å²) in [5, 5.41) is 2.18. The molecule has 0 saturated carbocycles. The minimum absolute atomic E-state index is 0.0411. The number of carbonyl (C=O) groups is 1. The number of rotatable bonds is 5. The summed E-state index contributed by atoms with van der Waals surface area (Å²) in [5.74, 6) is -0.733. The lowest BCUT2D eigenvalue weighted by Crippen LogP contribution is -2.27. The third-order valence-corrected chi connectivity index (χ3v) is 3.77. The number of nitrogens with two attached hydrogens (primary N) is 1. The van der Waals surface area contributed by atoms with Crippen molar-refractivity contribution in [1.29, 1.82) is 0 Å². The summed E-state index contributed by atoms with van der Waals surface area (Å²) in [6.07, 6.45) is -4.79. The SMILES string of the molecule is CN(Cc1ccccc1OC(F)(F)F)C(=O)c1csc(CN)n1. The quantitative estimate of drug-likeness (QED) is 0.905. The lowest BCUT2D eigenvalue weighted by atomic mass is 10.2. The molecule has 0 aliphatic carbocycles. The van der Waals surface area contributed by atoms with E-state index in [0.29, 0.717) is 5.01 Å². The van der Waals surface area contributed by atoms with E-state index >= 15 is 0 Å². The van der Waals surface area contributed by atoms with Gasteiger partial charge >= 0.3 is 6.36 Å². The molecule has 0 radical (unpaired) electrons. The summed E-state index contributed by atoms with van der Waals surface area (Å²) in [6, 6.07) is 5.68. The molecule has 0 atom stereocenters. The van der Waals surface area contributed by atoms with E-state index in [1.807, 2.05) is 0 Å².